The van der Waals surface area contributed by atoms with E-state index >= 15 is 0 Å². The van der Waals surface area contributed by atoms with Gasteiger partial charge in [-0.3, -0.25) is 4.79 Å². The van der Waals surface area contributed by atoms with Gasteiger partial charge in [0.25, 0.3) is 0 Å². The Hall–Kier alpha value is -2.29. The third-order valence-corrected chi connectivity index (χ3v) is 3.88. The highest BCUT2D eigenvalue weighted by Gasteiger charge is 2.20. The highest BCUT2D eigenvalue weighted by atomic mass is 16.5. The first-order valence-corrected chi connectivity index (χ1v) is 7.65. The average Bonchev–Trinajstić information content (AvgIpc) is 2.56. The molecule has 0 spiro atoms. The van der Waals surface area contributed by atoms with Crippen molar-refractivity contribution >= 4 is 5.91 Å². The van der Waals surface area contributed by atoms with Crippen LogP contribution in [0.2, 0.25) is 0 Å². The normalized spacial score (nSPS) is 13.2. The molecule has 3 nitrogen and oxygen atoms in total. The van der Waals surface area contributed by atoms with Gasteiger partial charge in [-0.25, -0.2) is 0 Å². The molecule has 0 radical (unpaired) electrons. The van der Waals surface area contributed by atoms with Gasteiger partial charge >= 0.3 is 0 Å². The molecule has 1 amide bonds. The lowest BCUT2D eigenvalue weighted by atomic mass is 9.95. The highest BCUT2D eigenvalue weighted by molar-refractivity contribution is 5.83. The van der Waals surface area contributed by atoms with E-state index in [1.54, 1.807) is 7.11 Å². The van der Waals surface area contributed by atoms with Crippen molar-refractivity contribution < 1.29 is 9.53 Å². The summed E-state index contributed by atoms with van der Waals surface area (Å²) in [5, 5.41) is 3.10. The third kappa shape index (κ3) is 3.88. The second-order valence-electron chi connectivity index (χ2n) is 5.38. The molecule has 0 aliphatic carbocycles. The van der Waals surface area contributed by atoms with Gasteiger partial charge in [0.05, 0.1) is 19.1 Å². The first kappa shape index (κ1) is 16.1. The number of carbonyl (C=O) groups excluding carboxylic acids is 1. The first-order chi connectivity index (χ1) is 10.7. The molecule has 3 heteroatoms. The summed E-state index contributed by atoms with van der Waals surface area (Å²) in [6.07, 6.45) is 0.778. The maximum absolute atomic E-state index is 12.6. The number of hydrogen-bond acceptors (Lipinski definition) is 2. The molecular formula is C19H23NO2. The van der Waals surface area contributed by atoms with E-state index in [2.05, 4.69) is 5.32 Å². The van der Waals surface area contributed by atoms with Crippen molar-refractivity contribution in [2.24, 2.45) is 0 Å². The predicted molar refractivity (Wildman–Crippen MR) is 89.0 cm³/mol. The zero-order valence-electron chi connectivity index (χ0n) is 13.4. The van der Waals surface area contributed by atoms with Crippen LogP contribution < -0.4 is 10.1 Å². The lowest BCUT2D eigenvalue weighted by molar-refractivity contribution is -0.123. The fourth-order valence-electron chi connectivity index (χ4n) is 2.57. The van der Waals surface area contributed by atoms with Crippen molar-refractivity contribution in [3.63, 3.8) is 0 Å². The van der Waals surface area contributed by atoms with Gasteiger partial charge < -0.3 is 10.1 Å². The molecule has 0 saturated carbocycles. The second-order valence-corrected chi connectivity index (χ2v) is 5.38. The molecule has 2 atom stereocenters. The molecule has 2 aromatic rings. The van der Waals surface area contributed by atoms with E-state index in [0.29, 0.717) is 0 Å². The summed E-state index contributed by atoms with van der Waals surface area (Å²) in [6.45, 7) is 4.03. The predicted octanol–water partition coefficient (Wildman–Crippen LogP) is 4.07. The molecule has 0 fully saturated rings. The molecule has 2 rings (SSSR count). The van der Waals surface area contributed by atoms with E-state index in [-0.39, 0.29) is 17.9 Å². The number of methoxy groups -OCH3 is 1. The topological polar surface area (TPSA) is 38.3 Å². The minimum atomic E-state index is -0.116. The summed E-state index contributed by atoms with van der Waals surface area (Å²) in [5.41, 5.74) is 2.09. The highest BCUT2D eigenvalue weighted by Crippen LogP contribution is 2.23. The van der Waals surface area contributed by atoms with Crippen LogP contribution in [0.5, 0.6) is 5.75 Å². The quantitative estimate of drug-likeness (QED) is 0.873. The van der Waals surface area contributed by atoms with Crippen LogP contribution in [-0.2, 0) is 4.79 Å². The molecule has 0 bridgehead atoms. The maximum atomic E-state index is 12.6. The van der Waals surface area contributed by atoms with Gasteiger partial charge in [0, 0.05) is 0 Å². The Labute approximate surface area is 132 Å². The lowest BCUT2D eigenvalue weighted by Crippen LogP contribution is -2.31. The van der Waals surface area contributed by atoms with Gasteiger partial charge in [-0.05, 0) is 36.6 Å². The van der Waals surface area contributed by atoms with E-state index in [1.807, 2.05) is 68.4 Å². The van der Waals surface area contributed by atoms with Crippen molar-refractivity contribution in [2.45, 2.75) is 32.2 Å². The Morgan fingerprint density at radius 3 is 2.41 bits per heavy atom. The Morgan fingerprint density at radius 1 is 1.09 bits per heavy atom. The molecule has 22 heavy (non-hydrogen) atoms. The van der Waals surface area contributed by atoms with E-state index in [1.165, 1.54) is 0 Å². The maximum Gasteiger partial charge on any atom is 0.228 e. The van der Waals surface area contributed by atoms with Crippen molar-refractivity contribution in [1.82, 2.24) is 5.32 Å². The van der Waals surface area contributed by atoms with E-state index in [9.17, 15) is 4.79 Å². The number of benzene rings is 2. The Kier molecular flexibility index (Phi) is 5.59. The summed E-state index contributed by atoms with van der Waals surface area (Å²) in [5.74, 6) is 0.743. The molecule has 0 heterocycles. The summed E-state index contributed by atoms with van der Waals surface area (Å²) >= 11 is 0. The minimum absolute atomic E-state index is 0.0552. The zero-order valence-corrected chi connectivity index (χ0v) is 13.4. The fourth-order valence-corrected chi connectivity index (χ4v) is 2.57. The number of rotatable bonds is 6. The Morgan fingerprint density at radius 2 is 1.77 bits per heavy atom. The van der Waals surface area contributed by atoms with Crippen LogP contribution in [0.3, 0.4) is 0 Å². The summed E-state index contributed by atoms with van der Waals surface area (Å²) in [6, 6.07) is 17.6. The van der Waals surface area contributed by atoms with Gasteiger partial charge in [0.15, 0.2) is 0 Å². The van der Waals surface area contributed by atoms with E-state index < -0.39 is 0 Å². The van der Waals surface area contributed by atoms with Gasteiger partial charge in [0.1, 0.15) is 5.75 Å². The third-order valence-electron chi connectivity index (χ3n) is 3.88. The van der Waals surface area contributed by atoms with Crippen molar-refractivity contribution in [2.75, 3.05) is 7.11 Å². The molecule has 0 unspecified atom stereocenters. The van der Waals surface area contributed by atoms with Crippen LogP contribution in [-0.4, -0.2) is 13.0 Å². The van der Waals surface area contributed by atoms with Crippen LogP contribution in [0.4, 0.5) is 0 Å². The van der Waals surface area contributed by atoms with Crippen molar-refractivity contribution in [3.8, 4) is 5.75 Å². The second kappa shape index (κ2) is 7.64. The van der Waals surface area contributed by atoms with Crippen molar-refractivity contribution in [3.05, 3.63) is 65.7 Å². The van der Waals surface area contributed by atoms with Crippen molar-refractivity contribution in [1.29, 1.82) is 0 Å². The Balaban J connectivity index is 2.09. The summed E-state index contributed by atoms with van der Waals surface area (Å²) in [4.78, 5) is 12.6. The van der Waals surface area contributed by atoms with E-state index in [4.69, 9.17) is 4.74 Å². The minimum Gasteiger partial charge on any atom is -0.497 e. The number of ether oxygens (including phenoxy) is 1. The van der Waals surface area contributed by atoms with Crippen LogP contribution >= 0.6 is 0 Å². The Bertz CT molecular complexity index is 610. The number of nitrogens with one attached hydrogen (secondary N) is 1. The van der Waals surface area contributed by atoms with Gasteiger partial charge in [-0.1, -0.05) is 49.4 Å². The van der Waals surface area contributed by atoms with Gasteiger partial charge in [-0.15, -0.1) is 0 Å². The average molecular weight is 297 g/mol. The molecule has 116 valence electrons. The van der Waals surface area contributed by atoms with Crippen LogP contribution in [0, 0.1) is 0 Å². The number of hydrogen-bond donors (Lipinski definition) is 1. The fraction of sp³-hybridized carbons (Fsp3) is 0.316. The monoisotopic (exact) mass is 297 g/mol. The van der Waals surface area contributed by atoms with Gasteiger partial charge in [-0.2, -0.15) is 0 Å². The van der Waals surface area contributed by atoms with Crippen LogP contribution in [0.15, 0.2) is 54.6 Å². The molecule has 0 aliphatic rings. The molecule has 0 aliphatic heterocycles. The molecular weight excluding hydrogens is 274 g/mol. The van der Waals surface area contributed by atoms with Crippen LogP contribution in [0.1, 0.15) is 43.4 Å². The molecule has 1 N–H and O–H groups in total. The summed E-state index contributed by atoms with van der Waals surface area (Å²) < 4.78 is 5.24. The number of carbonyl (C=O) groups is 1. The molecule has 0 aromatic heterocycles. The molecule has 0 saturated heterocycles. The lowest BCUT2D eigenvalue weighted by Gasteiger charge is -2.20. The standard InChI is InChI=1S/C19H23NO2/c1-4-18(15-9-6-5-7-10-15)19(21)20-14(2)16-11-8-12-17(13-16)22-3/h5-14,18H,4H2,1-3H3,(H,20,21)/t14-,18-/m1/s1. The summed E-state index contributed by atoms with van der Waals surface area (Å²) in [7, 11) is 1.64. The first-order valence-electron chi connectivity index (χ1n) is 7.65. The van der Waals surface area contributed by atoms with Crippen LogP contribution in [0.25, 0.3) is 0 Å². The molecule has 2 aromatic carbocycles. The number of amides is 1. The smallest absolute Gasteiger partial charge is 0.228 e. The van der Waals surface area contributed by atoms with Gasteiger partial charge in [0.2, 0.25) is 5.91 Å². The zero-order chi connectivity index (χ0) is 15.9. The SMILES string of the molecule is CC[C@@H](C(=O)N[C@H](C)c1cccc(OC)c1)c1ccccc1. The largest absolute Gasteiger partial charge is 0.497 e. The van der Waals surface area contributed by atoms with E-state index in [0.717, 1.165) is 23.3 Å².